The molecule has 1 amide bonds. The summed E-state index contributed by atoms with van der Waals surface area (Å²) >= 11 is 1.28. The molecule has 0 unspecified atom stereocenters. The highest BCUT2D eigenvalue weighted by molar-refractivity contribution is 7.17. The number of ether oxygens (including phenoxy) is 3. The van der Waals surface area contributed by atoms with Gasteiger partial charge in [0.15, 0.2) is 10.9 Å². The van der Waals surface area contributed by atoms with E-state index < -0.39 is 0 Å². The van der Waals surface area contributed by atoms with E-state index in [1.54, 1.807) is 18.6 Å². The molecule has 29 heavy (non-hydrogen) atoms. The molecule has 0 atom stereocenters. The second-order valence-electron chi connectivity index (χ2n) is 7.52. The minimum absolute atomic E-state index is 0.000237. The number of rotatable bonds is 7. The first-order valence-corrected chi connectivity index (χ1v) is 10.8. The van der Waals surface area contributed by atoms with Crippen LogP contribution in [-0.2, 0) is 14.3 Å². The van der Waals surface area contributed by atoms with Crippen LogP contribution in [0.1, 0.15) is 25.7 Å². The van der Waals surface area contributed by atoms with Gasteiger partial charge in [-0.25, -0.2) is 15.0 Å². The van der Waals surface area contributed by atoms with Gasteiger partial charge in [0.2, 0.25) is 16.9 Å². The van der Waals surface area contributed by atoms with Crippen LogP contribution in [0.2, 0.25) is 0 Å². The molecule has 1 aliphatic heterocycles. The summed E-state index contributed by atoms with van der Waals surface area (Å²) in [4.78, 5) is 27.4. The zero-order valence-corrected chi connectivity index (χ0v) is 16.8. The van der Waals surface area contributed by atoms with Crippen LogP contribution in [0, 0.1) is 5.92 Å². The first-order chi connectivity index (χ1) is 14.2. The number of hydrogen-bond acceptors (Lipinski definition) is 9. The molecule has 1 saturated heterocycles. The van der Waals surface area contributed by atoms with Crippen LogP contribution in [0.3, 0.4) is 0 Å². The topological polar surface area (TPSA) is 98.7 Å². The van der Waals surface area contributed by atoms with Crippen LogP contribution in [0.4, 0.5) is 11.1 Å². The van der Waals surface area contributed by atoms with E-state index in [1.807, 2.05) is 0 Å². The van der Waals surface area contributed by atoms with Crippen LogP contribution in [0.25, 0.3) is 0 Å². The standard InChI is InChI=1S/C19H23N5O4S/c25-17(12-7-14(8-12)27-13-1-2-13)23-19-22-11-16(29-19)28-15-9-20-18(21-10-15)24-3-5-26-6-4-24/h9-14H,1-8H2,(H,22,23,25). The van der Waals surface area contributed by atoms with Gasteiger partial charge in [-0.15, -0.1) is 0 Å². The second kappa shape index (κ2) is 8.21. The molecule has 1 N–H and O–H groups in total. The number of morpholine rings is 1. The lowest BCUT2D eigenvalue weighted by atomic mass is 9.81. The van der Waals surface area contributed by atoms with E-state index in [2.05, 4.69) is 25.2 Å². The lowest BCUT2D eigenvalue weighted by molar-refractivity contribution is -0.129. The molecule has 3 aliphatic rings. The molecular formula is C19H23N5O4S. The molecule has 3 fully saturated rings. The second-order valence-corrected chi connectivity index (χ2v) is 8.51. The van der Waals surface area contributed by atoms with E-state index in [9.17, 15) is 4.79 Å². The van der Waals surface area contributed by atoms with Gasteiger partial charge in [0, 0.05) is 19.0 Å². The minimum atomic E-state index is -0.000237. The van der Waals surface area contributed by atoms with Crippen molar-refractivity contribution in [1.29, 1.82) is 0 Å². The van der Waals surface area contributed by atoms with Crippen LogP contribution < -0.4 is 15.0 Å². The van der Waals surface area contributed by atoms with Gasteiger partial charge in [-0.2, -0.15) is 0 Å². The predicted molar refractivity (Wildman–Crippen MR) is 107 cm³/mol. The Labute approximate surface area is 172 Å². The van der Waals surface area contributed by atoms with Crippen molar-refractivity contribution in [1.82, 2.24) is 15.0 Å². The van der Waals surface area contributed by atoms with Gasteiger partial charge < -0.3 is 24.4 Å². The average molecular weight is 417 g/mol. The fourth-order valence-electron chi connectivity index (χ4n) is 3.34. The molecule has 5 rings (SSSR count). The van der Waals surface area contributed by atoms with E-state index in [0.29, 0.717) is 41.2 Å². The van der Waals surface area contributed by atoms with Crippen molar-refractivity contribution < 1.29 is 19.0 Å². The quantitative estimate of drug-likeness (QED) is 0.734. The molecule has 2 saturated carbocycles. The third-order valence-corrected chi connectivity index (χ3v) is 6.01. The molecule has 10 heteroatoms. The summed E-state index contributed by atoms with van der Waals surface area (Å²) in [6.07, 6.45) is 9.48. The number of thiazole rings is 1. The van der Waals surface area contributed by atoms with Gasteiger partial charge in [0.1, 0.15) is 0 Å². The zero-order chi connectivity index (χ0) is 19.6. The van der Waals surface area contributed by atoms with Crippen molar-refractivity contribution in [2.24, 2.45) is 5.92 Å². The van der Waals surface area contributed by atoms with E-state index in [0.717, 1.165) is 38.8 Å². The molecule has 3 heterocycles. The van der Waals surface area contributed by atoms with E-state index in [1.165, 1.54) is 11.3 Å². The fraction of sp³-hybridized carbons (Fsp3) is 0.579. The maximum Gasteiger partial charge on any atom is 0.229 e. The van der Waals surface area contributed by atoms with Gasteiger partial charge >= 0.3 is 0 Å². The number of nitrogens with zero attached hydrogens (tertiary/aromatic N) is 4. The molecule has 0 spiro atoms. The summed E-state index contributed by atoms with van der Waals surface area (Å²) in [6, 6.07) is 0. The number of carbonyl (C=O) groups excluding carboxylic acids is 1. The van der Waals surface area contributed by atoms with Gasteiger partial charge in [0.05, 0.1) is 44.0 Å². The fourth-order valence-corrected chi connectivity index (χ4v) is 4.03. The normalized spacial score (nSPS) is 24.1. The number of carbonyl (C=O) groups is 1. The van der Waals surface area contributed by atoms with Crippen LogP contribution >= 0.6 is 11.3 Å². The third kappa shape index (κ3) is 4.65. The lowest BCUT2D eigenvalue weighted by Gasteiger charge is -2.33. The maximum absolute atomic E-state index is 12.3. The Bertz CT molecular complexity index is 845. The maximum atomic E-state index is 12.3. The Hall–Kier alpha value is -2.30. The summed E-state index contributed by atoms with van der Waals surface area (Å²) in [6.45, 7) is 2.94. The highest BCUT2D eigenvalue weighted by atomic mass is 32.1. The van der Waals surface area contributed by atoms with Crippen molar-refractivity contribution >= 4 is 28.3 Å². The lowest BCUT2D eigenvalue weighted by Crippen LogP contribution is -2.39. The Morgan fingerprint density at radius 2 is 1.86 bits per heavy atom. The molecule has 0 aromatic carbocycles. The van der Waals surface area contributed by atoms with Crippen molar-refractivity contribution in [3.05, 3.63) is 18.6 Å². The van der Waals surface area contributed by atoms with Gasteiger partial charge in [-0.05, 0) is 25.7 Å². The Morgan fingerprint density at radius 3 is 2.59 bits per heavy atom. The van der Waals surface area contributed by atoms with Crippen molar-refractivity contribution in [3.8, 4) is 10.8 Å². The summed E-state index contributed by atoms with van der Waals surface area (Å²) in [7, 11) is 0. The SMILES string of the molecule is O=C(Nc1ncc(Oc2cnc(N3CCOCC3)nc2)s1)C1CC(OC2CC2)C1. The van der Waals surface area contributed by atoms with Crippen molar-refractivity contribution in [2.75, 3.05) is 36.5 Å². The Kier molecular flexibility index (Phi) is 5.30. The highest BCUT2D eigenvalue weighted by Crippen LogP contribution is 2.37. The molecule has 154 valence electrons. The summed E-state index contributed by atoms with van der Waals surface area (Å²) in [5, 5.41) is 3.98. The molecular weight excluding hydrogens is 394 g/mol. The van der Waals surface area contributed by atoms with Crippen molar-refractivity contribution in [3.63, 3.8) is 0 Å². The monoisotopic (exact) mass is 417 g/mol. The smallest absolute Gasteiger partial charge is 0.229 e. The highest BCUT2D eigenvalue weighted by Gasteiger charge is 2.38. The number of aromatic nitrogens is 3. The van der Waals surface area contributed by atoms with E-state index in [-0.39, 0.29) is 17.9 Å². The first kappa shape index (κ1) is 18.7. The first-order valence-electron chi connectivity index (χ1n) is 9.98. The number of anilines is 2. The van der Waals surface area contributed by atoms with Gasteiger partial charge in [-0.1, -0.05) is 11.3 Å². The van der Waals surface area contributed by atoms with Crippen molar-refractivity contribution in [2.45, 2.75) is 37.9 Å². The zero-order valence-electron chi connectivity index (χ0n) is 16.0. The molecule has 9 nitrogen and oxygen atoms in total. The molecule has 2 aromatic rings. The third-order valence-electron chi connectivity index (χ3n) is 5.22. The van der Waals surface area contributed by atoms with Gasteiger partial charge in [-0.3, -0.25) is 4.79 Å². The molecule has 0 radical (unpaired) electrons. The average Bonchev–Trinajstić information content (AvgIpc) is 3.44. The van der Waals surface area contributed by atoms with E-state index in [4.69, 9.17) is 14.2 Å². The predicted octanol–water partition coefficient (Wildman–Crippen LogP) is 2.46. The van der Waals surface area contributed by atoms with E-state index >= 15 is 0 Å². The molecule has 2 aliphatic carbocycles. The number of hydrogen-bond donors (Lipinski definition) is 1. The van der Waals surface area contributed by atoms with Crippen LogP contribution in [-0.4, -0.2) is 59.4 Å². The summed E-state index contributed by atoms with van der Waals surface area (Å²) in [5.41, 5.74) is 0. The Morgan fingerprint density at radius 1 is 1.10 bits per heavy atom. The van der Waals surface area contributed by atoms with Crippen LogP contribution in [0.5, 0.6) is 10.8 Å². The molecule has 0 bridgehead atoms. The summed E-state index contributed by atoms with van der Waals surface area (Å²) < 4.78 is 16.9. The molecule has 2 aromatic heterocycles. The number of amides is 1. The van der Waals surface area contributed by atoms with Crippen LogP contribution in [0.15, 0.2) is 18.6 Å². The minimum Gasteiger partial charge on any atom is -0.442 e. The Balaban J connectivity index is 1.11. The number of nitrogens with one attached hydrogen (secondary N) is 1. The largest absolute Gasteiger partial charge is 0.442 e. The van der Waals surface area contributed by atoms with Gasteiger partial charge in [0.25, 0.3) is 0 Å². The summed E-state index contributed by atoms with van der Waals surface area (Å²) in [5.74, 6) is 1.21.